The molecule has 0 saturated carbocycles. The normalized spacial score (nSPS) is 11.1. The highest BCUT2D eigenvalue weighted by molar-refractivity contribution is 7.09. The molecule has 8 heteroatoms. The lowest BCUT2D eigenvalue weighted by atomic mass is 10.2. The second kappa shape index (κ2) is 8.40. The number of nitrogens with zero attached hydrogens (tertiary/aromatic N) is 3. The summed E-state index contributed by atoms with van der Waals surface area (Å²) in [6.07, 6.45) is 1.75. The van der Waals surface area contributed by atoms with E-state index in [-0.39, 0.29) is 18.2 Å². The second-order valence-electron chi connectivity index (χ2n) is 6.84. The molecule has 0 atom stereocenters. The largest absolute Gasteiger partial charge is 0.486 e. The Morgan fingerprint density at radius 3 is 3.00 bits per heavy atom. The van der Waals surface area contributed by atoms with E-state index in [1.165, 1.54) is 0 Å². The Kier molecular flexibility index (Phi) is 5.53. The van der Waals surface area contributed by atoms with Crippen molar-refractivity contribution in [2.75, 3.05) is 0 Å². The first kappa shape index (κ1) is 19.1. The van der Waals surface area contributed by atoms with Crippen LogP contribution in [0, 0.1) is 0 Å². The summed E-state index contributed by atoms with van der Waals surface area (Å²) in [5.74, 6) is 1.23. The van der Waals surface area contributed by atoms with Crippen LogP contribution in [-0.4, -0.2) is 21.0 Å². The van der Waals surface area contributed by atoms with Crippen LogP contribution in [0.2, 0.25) is 0 Å². The van der Waals surface area contributed by atoms with E-state index in [0.29, 0.717) is 24.0 Å². The lowest BCUT2D eigenvalue weighted by Crippen LogP contribution is -2.23. The van der Waals surface area contributed by atoms with Crippen molar-refractivity contribution in [1.29, 1.82) is 0 Å². The summed E-state index contributed by atoms with van der Waals surface area (Å²) in [6.45, 7) is 4.71. The maximum atomic E-state index is 12.3. The molecule has 29 heavy (non-hydrogen) atoms. The molecule has 4 aromatic rings. The fourth-order valence-corrected chi connectivity index (χ4v) is 3.55. The number of rotatable bonds is 7. The van der Waals surface area contributed by atoms with Crippen molar-refractivity contribution in [3.05, 3.63) is 70.1 Å². The van der Waals surface area contributed by atoms with Crippen LogP contribution in [0.4, 0.5) is 0 Å². The van der Waals surface area contributed by atoms with Crippen LogP contribution >= 0.6 is 11.3 Å². The molecule has 1 amide bonds. The lowest BCUT2D eigenvalue weighted by Gasteiger charge is -2.04. The van der Waals surface area contributed by atoms with Crippen molar-refractivity contribution in [3.8, 4) is 5.75 Å². The molecular formula is C21H20N4O3S. The Morgan fingerprint density at radius 1 is 1.28 bits per heavy atom. The zero-order valence-corrected chi connectivity index (χ0v) is 16.9. The number of ether oxygens (including phenoxy) is 1. The molecule has 0 fully saturated rings. The highest BCUT2D eigenvalue weighted by Gasteiger charge is 2.14. The van der Waals surface area contributed by atoms with Crippen molar-refractivity contribution in [2.24, 2.45) is 0 Å². The average molecular weight is 408 g/mol. The predicted octanol–water partition coefficient (Wildman–Crippen LogP) is 4.31. The van der Waals surface area contributed by atoms with Crippen molar-refractivity contribution in [1.82, 2.24) is 20.4 Å². The van der Waals surface area contributed by atoms with Gasteiger partial charge in [-0.3, -0.25) is 9.78 Å². The smallest absolute Gasteiger partial charge is 0.273 e. The number of pyridine rings is 1. The predicted molar refractivity (Wildman–Crippen MR) is 110 cm³/mol. The Hall–Kier alpha value is -3.26. The zero-order valence-electron chi connectivity index (χ0n) is 16.1. The van der Waals surface area contributed by atoms with E-state index in [1.807, 2.05) is 35.7 Å². The number of hydrogen-bond acceptors (Lipinski definition) is 7. The molecule has 4 rings (SSSR count). The summed E-state index contributed by atoms with van der Waals surface area (Å²) < 4.78 is 11.0. The van der Waals surface area contributed by atoms with Gasteiger partial charge in [0.2, 0.25) is 0 Å². The average Bonchev–Trinajstić information content (AvgIpc) is 3.40. The standard InChI is InChI=1S/C21H20N4O3S/c1-13(2)21-24-15(12-29-21)10-23-20(26)19-9-17(28-25-19)11-27-16-5-6-18-14(8-16)4-3-7-22-18/h3-9,12-13H,10-11H2,1-2H3,(H,23,26). The third kappa shape index (κ3) is 4.60. The van der Waals surface area contributed by atoms with E-state index in [9.17, 15) is 4.79 Å². The van der Waals surface area contributed by atoms with Gasteiger partial charge in [-0.25, -0.2) is 4.98 Å². The molecule has 3 heterocycles. The van der Waals surface area contributed by atoms with Gasteiger partial charge < -0.3 is 14.6 Å². The topological polar surface area (TPSA) is 90.1 Å². The number of benzene rings is 1. The second-order valence-corrected chi connectivity index (χ2v) is 7.73. The van der Waals surface area contributed by atoms with E-state index in [2.05, 4.69) is 34.3 Å². The fourth-order valence-electron chi connectivity index (χ4n) is 2.72. The first-order valence-corrected chi connectivity index (χ1v) is 10.1. The Balaban J connectivity index is 1.32. The molecule has 0 aliphatic carbocycles. The van der Waals surface area contributed by atoms with Gasteiger partial charge in [-0.2, -0.15) is 0 Å². The maximum absolute atomic E-state index is 12.3. The molecule has 0 aliphatic rings. The van der Waals surface area contributed by atoms with Gasteiger partial charge in [0, 0.05) is 28.9 Å². The Labute approximate surface area is 171 Å². The van der Waals surface area contributed by atoms with Gasteiger partial charge in [0.15, 0.2) is 11.5 Å². The maximum Gasteiger partial charge on any atom is 0.273 e. The monoisotopic (exact) mass is 408 g/mol. The number of nitrogens with one attached hydrogen (secondary N) is 1. The number of amides is 1. The van der Waals surface area contributed by atoms with Crippen molar-refractivity contribution in [2.45, 2.75) is 32.9 Å². The van der Waals surface area contributed by atoms with Crippen LogP contribution in [0.25, 0.3) is 10.9 Å². The van der Waals surface area contributed by atoms with E-state index in [4.69, 9.17) is 9.26 Å². The van der Waals surface area contributed by atoms with E-state index < -0.39 is 0 Å². The number of carbonyl (C=O) groups is 1. The number of fused-ring (bicyclic) bond motifs is 1. The van der Waals surface area contributed by atoms with Crippen LogP contribution in [-0.2, 0) is 13.2 Å². The minimum absolute atomic E-state index is 0.176. The van der Waals surface area contributed by atoms with Gasteiger partial charge in [-0.15, -0.1) is 11.3 Å². The third-order valence-corrected chi connectivity index (χ3v) is 5.43. The molecule has 0 aliphatic heterocycles. The molecular weight excluding hydrogens is 388 g/mol. The highest BCUT2D eigenvalue weighted by Crippen LogP contribution is 2.21. The van der Waals surface area contributed by atoms with Gasteiger partial charge in [0.1, 0.15) is 12.4 Å². The first-order valence-electron chi connectivity index (χ1n) is 9.24. The molecule has 1 N–H and O–H groups in total. The molecule has 7 nitrogen and oxygen atoms in total. The molecule has 0 saturated heterocycles. The third-order valence-electron chi connectivity index (χ3n) is 4.24. The van der Waals surface area contributed by atoms with Crippen molar-refractivity contribution in [3.63, 3.8) is 0 Å². The molecule has 0 spiro atoms. The Morgan fingerprint density at radius 2 is 2.17 bits per heavy atom. The number of aromatic nitrogens is 3. The van der Waals surface area contributed by atoms with Crippen LogP contribution in [0.5, 0.6) is 5.75 Å². The SMILES string of the molecule is CC(C)c1nc(CNC(=O)c2cc(COc3ccc4ncccc4c3)on2)cs1. The van der Waals surface area contributed by atoms with Gasteiger partial charge in [0.05, 0.1) is 22.8 Å². The summed E-state index contributed by atoms with van der Waals surface area (Å²) in [5, 5.41) is 10.6. The summed E-state index contributed by atoms with van der Waals surface area (Å²) >= 11 is 1.60. The van der Waals surface area contributed by atoms with Crippen LogP contribution in [0.3, 0.4) is 0 Å². The van der Waals surface area contributed by atoms with Gasteiger partial charge >= 0.3 is 0 Å². The zero-order chi connectivity index (χ0) is 20.2. The lowest BCUT2D eigenvalue weighted by molar-refractivity contribution is 0.0941. The number of hydrogen-bond donors (Lipinski definition) is 1. The van der Waals surface area contributed by atoms with Crippen LogP contribution < -0.4 is 10.1 Å². The minimum atomic E-state index is -0.309. The van der Waals surface area contributed by atoms with Gasteiger partial charge in [0.25, 0.3) is 5.91 Å². The molecule has 0 radical (unpaired) electrons. The molecule has 0 bridgehead atoms. The van der Waals surface area contributed by atoms with E-state index in [1.54, 1.807) is 23.6 Å². The van der Waals surface area contributed by atoms with Gasteiger partial charge in [-0.05, 0) is 24.3 Å². The number of thiazole rings is 1. The van der Waals surface area contributed by atoms with Gasteiger partial charge in [-0.1, -0.05) is 25.1 Å². The summed E-state index contributed by atoms with van der Waals surface area (Å²) in [6, 6.07) is 11.1. The van der Waals surface area contributed by atoms with Crippen molar-refractivity contribution >= 4 is 28.1 Å². The molecule has 148 valence electrons. The number of carbonyl (C=O) groups excluding carboxylic acids is 1. The Bertz CT molecular complexity index is 1140. The van der Waals surface area contributed by atoms with E-state index in [0.717, 1.165) is 21.6 Å². The summed E-state index contributed by atoms with van der Waals surface area (Å²) in [5.41, 5.74) is 1.95. The molecule has 1 aromatic carbocycles. The fraction of sp³-hybridized carbons (Fsp3) is 0.238. The minimum Gasteiger partial charge on any atom is -0.486 e. The quantitative estimate of drug-likeness (QED) is 0.490. The summed E-state index contributed by atoms with van der Waals surface area (Å²) in [4.78, 5) is 21.1. The van der Waals surface area contributed by atoms with Crippen molar-refractivity contribution < 1.29 is 14.1 Å². The summed E-state index contributed by atoms with van der Waals surface area (Å²) in [7, 11) is 0. The highest BCUT2D eigenvalue weighted by atomic mass is 32.1. The molecule has 0 unspecified atom stereocenters. The molecule has 3 aromatic heterocycles. The van der Waals surface area contributed by atoms with Crippen LogP contribution in [0.15, 0.2) is 52.5 Å². The first-order chi connectivity index (χ1) is 14.1. The van der Waals surface area contributed by atoms with Crippen LogP contribution in [0.1, 0.15) is 46.7 Å². The van der Waals surface area contributed by atoms with E-state index >= 15 is 0 Å².